The number of nitrogens with one attached hydrogen (secondary N) is 2. The fourth-order valence-corrected chi connectivity index (χ4v) is 3.92. The topological polar surface area (TPSA) is 115 Å². The molecule has 3 amide bonds. The molecule has 0 unspecified atom stereocenters. The van der Waals surface area contributed by atoms with E-state index >= 15 is 0 Å². The molecule has 0 aliphatic carbocycles. The van der Waals surface area contributed by atoms with Crippen molar-refractivity contribution < 1.29 is 33.3 Å². The molecule has 0 spiro atoms. The number of methoxy groups -OCH3 is 2. The monoisotopic (exact) mass is 571 g/mol. The zero-order valence-electron chi connectivity index (χ0n) is 25.0. The summed E-state index contributed by atoms with van der Waals surface area (Å²) in [6.07, 6.45) is 1.97. The van der Waals surface area contributed by atoms with Gasteiger partial charge in [-0.25, -0.2) is 9.59 Å². The summed E-state index contributed by atoms with van der Waals surface area (Å²) < 4.78 is 21.4. The van der Waals surface area contributed by atoms with Gasteiger partial charge in [0.2, 0.25) is 5.91 Å². The summed E-state index contributed by atoms with van der Waals surface area (Å²) >= 11 is 0. The first-order valence-corrected chi connectivity index (χ1v) is 14.0. The van der Waals surface area contributed by atoms with E-state index in [2.05, 4.69) is 10.6 Å². The minimum absolute atomic E-state index is 0.0637. The third kappa shape index (κ3) is 13.8. The van der Waals surface area contributed by atoms with E-state index in [0.29, 0.717) is 69.8 Å². The lowest BCUT2D eigenvalue weighted by Crippen LogP contribution is -2.36. The summed E-state index contributed by atoms with van der Waals surface area (Å²) in [5.74, 6) is 1.21. The fourth-order valence-electron chi connectivity index (χ4n) is 3.92. The van der Waals surface area contributed by atoms with Crippen molar-refractivity contribution >= 4 is 18.1 Å². The molecule has 41 heavy (non-hydrogen) atoms. The van der Waals surface area contributed by atoms with Gasteiger partial charge in [0.05, 0.1) is 14.2 Å². The quantitative estimate of drug-likeness (QED) is 0.270. The molecule has 10 nitrogen and oxygen atoms in total. The minimum atomic E-state index is -0.554. The molecule has 2 aromatic rings. The molecule has 2 rings (SSSR count). The molecule has 0 radical (unpaired) electrons. The van der Waals surface area contributed by atoms with Gasteiger partial charge in [0.25, 0.3) is 0 Å². The van der Waals surface area contributed by atoms with Crippen LogP contribution in [-0.2, 0) is 27.3 Å². The number of unbranched alkanes of at least 4 members (excludes halogenated alkanes) is 1. The SMILES string of the molecule is COc1ccc(CCC(=O)NCCCN(CCCCNC(=O)OC(C)(C)C)C(=O)OCc2ccccc2)cc1OC. The van der Waals surface area contributed by atoms with E-state index in [1.54, 1.807) is 19.1 Å². The van der Waals surface area contributed by atoms with Gasteiger partial charge in [-0.1, -0.05) is 36.4 Å². The Kier molecular flexibility index (Phi) is 14.3. The van der Waals surface area contributed by atoms with Crippen molar-refractivity contribution in [3.63, 3.8) is 0 Å². The van der Waals surface area contributed by atoms with Gasteiger partial charge in [0.15, 0.2) is 11.5 Å². The van der Waals surface area contributed by atoms with Crippen molar-refractivity contribution in [3.05, 3.63) is 59.7 Å². The van der Waals surface area contributed by atoms with Crippen molar-refractivity contribution in [2.75, 3.05) is 40.4 Å². The van der Waals surface area contributed by atoms with E-state index in [1.807, 2.05) is 69.3 Å². The fraction of sp³-hybridized carbons (Fsp3) is 0.516. The minimum Gasteiger partial charge on any atom is -0.493 e. The van der Waals surface area contributed by atoms with E-state index in [4.69, 9.17) is 18.9 Å². The molecular weight excluding hydrogens is 526 g/mol. The van der Waals surface area contributed by atoms with Crippen LogP contribution in [0.2, 0.25) is 0 Å². The number of nitrogens with zero attached hydrogens (tertiary/aromatic N) is 1. The molecule has 10 heteroatoms. The van der Waals surface area contributed by atoms with E-state index in [-0.39, 0.29) is 12.5 Å². The van der Waals surface area contributed by atoms with Crippen LogP contribution >= 0.6 is 0 Å². The Balaban J connectivity index is 1.77. The van der Waals surface area contributed by atoms with Gasteiger partial charge in [0.1, 0.15) is 12.2 Å². The molecule has 0 aliphatic rings. The molecule has 2 N–H and O–H groups in total. The highest BCUT2D eigenvalue weighted by Gasteiger charge is 2.17. The first kappa shape index (κ1) is 33.3. The highest BCUT2D eigenvalue weighted by molar-refractivity contribution is 5.76. The largest absolute Gasteiger partial charge is 0.493 e. The molecule has 0 heterocycles. The Bertz CT molecular complexity index is 1090. The van der Waals surface area contributed by atoms with Crippen LogP contribution in [0.1, 0.15) is 57.6 Å². The Morgan fingerprint density at radius 2 is 1.49 bits per heavy atom. The van der Waals surface area contributed by atoms with Gasteiger partial charge < -0.3 is 34.5 Å². The standard InChI is InChI=1S/C31H45N3O7/c1-31(2,3)41-29(36)33-18-9-10-20-34(30(37)40-23-25-12-7-6-8-13-25)21-11-19-32-28(35)17-15-24-14-16-26(38-4)27(22-24)39-5/h6-8,12-14,16,22H,9-11,15,17-21,23H2,1-5H3,(H,32,35)(H,33,36). The summed E-state index contributed by atoms with van der Waals surface area (Å²) in [5, 5.41) is 5.66. The number of benzene rings is 2. The second kappa shape index (κ2) is 17.7. The number of hydrogen-bond acceptors (Lipinski definition) is 7. The molecule has 0 saturated heterocycles. The molecular formula is C31H45N3O7. The molecule has 0 saturated carbocycles. The smallest absolute Gasteiger partial charge is 0.410 e. The van der Waals surface area contributed by atoms with Crippen molar-refractivity contribution in [2.45, 2.75) is 65.1 Å². The molecule has 0 bridgehead atoms. The molecule has 2 aromatic carbocycles. The second-order valence-electron chi connectivity index (χ2n) is 10.6. The van der Waals surface area contributed by atoms with Crippen LogP contribution in [0.15, 0.2) is 48.5 Å². The summed E-state index contributed by atoms with van der Waals surface area (Å²) in [4.78, 5) is 38.7. The number of rotatable bonds is 16. The van der Waals surface area contributed by atoms with Gasteiger partial charge >= 0.3 is 12.2 Å². The summed E-state index contributed by atoms with van der Waals surface area (Å²) in [6, 6.07) is 15.1. The highest BCUT2D eigenvalue weighted by atomic mass is 16.6. The Morgan fingerprint density at radius 1 is 0.805 bits per heavy atom. The van der Waals surface area contributed by atoms with E-state index in [1.165, 1.54) is 0 Å². The van der Waals surface area contributed by atoms with Crippen LogP contribution in [-0.4, -0.2) is 69.0 Å². The normalized spacial score (nSPS) is 10.9. The summed E-state index contributed by atoms with van der Waals surface area (Å²) in [6.45, 7) is 7.40. The predicted octanol–water partition coefficient (Wildman–Crippen LogP) is 5.09. The Hall–Kier alpha value is -3.95. The summed E-state index contributed by atoms with van der Waals surface area (Å²) in [5.41, 5.74) is 1.33. The average molecular weight is 572 g/mol. The van der Waals surface area contributed by atoms with Crippen LogP contribution < -0.4 is 20.1 Å². The van der Waals surface area contributed by atoms with Crippen molar-refractivity contribution in [3.8, 4) is 11.5 Å². The maximum atomic E-state index is 12.8. The lowest BCUT2D eigenvalue weighted by Gasteiger charge is -2.23. The van der Waals surface area contributed by atoms with Gasteiger partial charge in [-0.3, -0.25) is 4.79 Å². The number of alkyl carbamates (subject to hydrolysis) is 1. The van der Waals surface area contributed by atoms with Crippen molar-refractivity contribution in [1.29, 1.82) is 0 Å². The van der Waals surface area contributed by atoms with Crippen molar-refractivity contribution in [2.24, 2.45) is 0 Å². The van der Waals surface area contributed by atoms with Gasteiger partial charge in [-0.2, -0.15) is 0 Å². The summed E-state index contributed by atoms with van der Waals surface area (Å²) in [7, 11) is 3.16. The molecule has 0 atom stereocenters. The maximum Gasteiger partial charge on any atom is 0.410 e. The van der Waals surface area contributed by atoms with Gasteiger partial charge in [-0.15, -0.1) is 0 Å². The number of amides is 3. The first-order valence-electron chi connectivity index (χ1n) is 14.0. The lowest BCUT2D eigenvalue weighted by atomic mass is 10.1. The highest BCUT2D eigenvalue weighted by Crippen LogP contribution is 2.27. The van der Waals surface area contributed by atoms with Gasteiger partial charge in [0, 0.05) is 32.6 Å². The van der Waals surface area contributed by atoms with Crippen LogP contribution in [0.25, 0.3) is 0 Å². The third-order valence-electron chi connectivity index (χ3n) is 6.00. The lowest BCUT2D eigenvalue weighted by molar-refractivity contribution is -0.121. The third-order valence-corrected chi connectivity index (χ3v) is 6.00. The first-order chi connectivity index (χ1) is 19.6. The van der Waals surface area contributed by atoms with Crippen LogP contribution in [0.3, 0.4) is 0 Å². The zero-order chi connectivity index (χ0) is 30.1. The number of carbonyl (C=O) groups excluding carboxylic acids is 3. The van der Waals surface area contributed by atoms with Crippen LogP contribution in [0.5, 0.6) is 11.5 Å². The maximum absolute atomic E-state index is 12.8. The number of aryl methyl sites for hydroxylation is 1. The number of hydrogen-bond donors (Lipinski definition) is 2. The predicted molar refractivity (Wildman–Crippen MR) is 157 cm³/mol. The molecule has 226 valence electrons. The Morgan fingerprint density at radius 3 is 2.17 bits per heavy atom. The molecule has 0 aromatic heterocycles. The van der Waals surface area contributed by atoms with E-state index < -0.39 is 17.8 Å². The average Bonchev–Trinajstić information content (AvgIpc) is 2.95. The number of carbonyl (C=O) groups is 3. The van der Waals surface area contributed by atoms with Crippen LogP contribution in [0.4, 0.5) is 9.59 Å². The van der Waals surface area contributed by atoms with Crippen LogP contribution in [0, 0.1) is 0 Å². The van der Waals surface area contributed by atoms with E-state index in [0.717, 1.165) is 11.1 Å². The molecule has 0 fully saturated rings. The van der Waals surface area contributed by atoms with E-state index in [9.17, 15) is 14.4 Å². The number of ether oxygens (including phenoxy) is 4. The molecule has 0 aliphatic heterocycles. The second-order valence-corrected chi connectivity index (χ2v) is 10.6. The van der Waals surface area contributed by atoms with Gasteiger partial charge in [-0.05, 0) is 69.7 Å². The Labute approximate surface area is 243 Å². The van der Waals surface area contributed by atoms with Crippen molar-refractivity contribution in [1.82, 2.24) is 15.5 Å². The zero-order valence-corrected chi connectivity index (χ0v) is 25.0.